The summed E-state index contributed by atoms with van der Waals surface area (Å²) >= 11 is 5.62. The van der Waals surface area contributed by atoms with Crippen LogP contribution in [0.25, 0.3) is 0 Å². The molecule has 1 N–H and O–H groups in total. The molecule has 1 aromatic rings. The fourth-order valence-electron chi connectivity index (χ4n) is 3.84. The summed E-state index contributed by atoms with van der Waals surface area (Å²) in [6.07, 6.45) is -4.78. The van der Waals surface area contributed by atoms with Gasteiger partial charge in [0, 0.05) is 45.7 Å². The highest BCUT2D eigenvalue weighted by atomic mass is 35.5. The van der Waals surface area contributed by atoms with Crippen LogP contribution in [0.15, 0.2) is 18.2 Å². The molecule has 1 amide bonds. The average molecular weight is 499 g/mol. The van der Waals surface area contributed by atoms with Gasteiger partial charge in [0.25, 0.3) is 5.91 Å². The molecule has 1 saturated carbocycles. The van der Waals surface area contributed by atoms with Gasteiger partial charge >= 0.3 is 6.36 Å². The summed E-state index contributed by atoms with van der Waals surface area (Å²) in [6.45, 7) is 1.99. The Balaban J connectivity index is 1.32. The number of rotatable bonds is 10. The van der Waals surface area contributed by atoms with Crippen LogP contribution in [0.2, 0.25) is 5.02 Å². The van der Waals surface area contributed by atoms with Gasteiger partial charge in [-0.05, 0) is 18.6 Å². The zero-order chi connectivity index (χ0) is 24.0. The van der Waals surface area contributed by atoms with E-state index in [1.54, 1.807) is 7.11 Å². The van der Waals surface area contributed by atoms with Gasteiger partial charge in [0.15, 0.2) is 6.61 Å². The molecular formula is C21H27ClF4N2O5. The molecule has 3 rings (SSSR count). The highest BCUT2D eigenvalue weighted by Crippen LogP contribution is 2.32. The van der Waals surface area contributed by atoms with Gasteiger partial charge in [-0.3, -0.25) is 14.4 Å². The maximum atomic E-state index is 13.5. The lowest BCUT2D eigenvalue weighted by Crippen LogP contribution is -2.56. The first-order valence-corrected chi connectivity index (χ1v) is 11.0. The van der Waals surface area contributed by atoms with E-state index in [9.17, 15) is 22.4 Å². The fraction of sp³-hybridized carbons (Fsp3) is 0.667. The van der Waals surface area contributed by atoms with E-state index in [4.69, 9.17) is 25.8 Å². The number of carbonyl (C=O) groups excluding carboxylic acids is 1. The first-order chi connectivity index (χ1) is 15.6. The van der Waals surface area contributed by atoms with E-state index in [0.29, 0.717) is 32.7 Å². The Morgan fingerprint density at radius 2 is 2.03 bits per heavy atom. The molecule has 0 spiro atoms. The second-order valence-corrected chi connectivity index (χ2v) is 8.46. The van der Waals surface area contributed by atoms with Crippen LogP contribution < -0.4 is 10.1 Å². The third-order valence-electron chi connectivity index (χ3n) is 5.67. The Bertz CT molecular complexity index is 794. The zero-order valence-electron chi connectivity index (χ0n) is 18.1. The maximum Gasteiger partial charge on any atom is 0.522 e. The molecule has 2 aliphatic rings. The SMILES string of the molecule is CO[C@H]1CN(CCO[C@H]2C[C@@H](OC(F)(F)F)C2)CCC1NC(=O)COc1ccc(Cl)c(F)c1. The van der Waals surface area contributed by atoms with Crippen LogP contribution in [-0.4, -0.2) is 81.5 Å². The number of nitrogens with zero attached hydrogens (tertiary/aromatic N) is 1. The Labute approximate surface area is 194 Å². The van der Waals surface area contributed by atoms with Crippen LogP contribution in [0, 0.1) is 5.82 Å². The smallest absolute Gasteiger partial charge is 0.484 e. The van der Waals surface area contributed by atoms with E-state index >= 15 is 0 Å². The summed E-state index contributed by atoms with van der Waals surface area (Å²) in [6, 6.07) is 3.73. The highest BCUT2D eigenvalue weighted by Gasteiger charge is 2.40. The average Bonchev–Trinajstić information content (AvgIpc) is 2.72. The summed E-state index contributed by atoms with van der Waals surface area (Å²) in [5.74, 6) is -0.778. The molecule has 0 bridgehead atoms. The van der Waals surface area contributed by atoms with E-state index in [1.165, 1.54) is 12.1 Å². The Morgan fingerprint density at radius 3 is 2.70 bits per heavy atom. The van der Waals surface area contributed by atoms with E-state index in [2.05, 4.69) is 15.0 Å². The Kier molecular flexibility index (Phi) is 9.17. The maximum absolute atomic E-state index is 13.5. The first-order valence-electron chi connectivity index (χ1n) is 10.6. The minimum absolute atomic E-state index is 0.0285. The van der Waals surface area contributed by atoms with Crippen molar-refractivity contribution >= 4 is 17.5 Å². The molecule has 33 heavy (non-hydrogen) atoms. The normalized spacial score (nSPS) is 26.0. The molecule has 1 unspecified atom stereocenters. The van der Waals surface area contributed by atoms with Gasteiger partial charge in [0.1, 0.15) is 11.6 Å². The highest BCUT2D eigenvalue weighted by molar-refractivity contribution is 6.30. The number of alkyl halides is 3. The lowest BCUT2D eigenvalue weighted by molar-refractivity contribution is -0.357. The van der Waals surface area contributed by atoms with Gasteiger partial charge in [-0.25, -0.2) is 4.39 Å². The molecule has 1 aromatic carbocycles. The van der Waals surface area contributed by atoms with Crippen LogP contribution in [0.5, 0.6) is 5.75 Å². The minimum Gasteiger partial charge on any atom is -0.484 e. The van der Waals surface area contributed by atoms with Gasteiger partial charge in [-0.2, -0.15) is 0 Å². The van der Waals surface area contributed by atoms with E-state index in [-0.39, 0.29) is 54.4 Å². The van der Waals surface area contributed by atoms with Gasteiger partial charge in [-0.15, -0.1) is 13.2 Å². The van der Waals surface area contributed by atoms with Crippen molar-refractivity contribution in [2.24, 2.45) is 0 Å². The van der Waals surface area contributed by atoms with E-state index in [0.717, 1.165) is 6.07 Å². The number of carbonyl (C=O) groups is 1. The molecule has 2 atom stereocenters. The largest absolute Gasteiger partial charge is 0.522 e. The second-order valence-electron chi connectivity index (χ2n) is 8.05. The molecular weight excluding hydrogens is 472 g/mol. The van der Waals surface area contributed by atoms with Gasteiger partial charge in [0.2, 0.25) is 0 Å². The lowest BCUT2D eigenvalue weighted by atomic mass is 9.92. The predicted molar refractivity (Wildman–Crippen MR) is 111 cm³/mol. The summed E-state index contributed by atoms with van der Waals surface area (Å²) < 4.78 is 70.3. The van der Waals surface area contributed by atoms with Gasteiger partial charge < -0.3 is 19.5 Å². The van der Waals surface area contributed by atoms with Crippen LogP contribution in [0.1, 0.15) is 19.3 Å². The van der Waals surface area contributed by atoms with Crippen LogP contribution >= 0.6 is 11.6 Å². The number of benzene rings is 1. The molecule has 1 aliphatic heterocycles. The monoisotopic (exact) mass is 498 g/mol. The number of nitrogens with one attached hydrogen (secondary N) is 1. The van der Waals surface area contributed by atoms with Crippen molar-refractivity contribution < 1.29 is 41.3 Å². The first kappa shape index (κ1) is 26.0. The third kappa shape index (κ3) is 8.25. The molecule has 1 heterocycles. The van der Waals surface area contributed by atoms with Crippen molar-refractivity contribution in [3.8, 4) is 5.75 Å². The Morgan fingerprint density at radius 1 is 1.27 bits per heavy atom. The van der Waals surface area contributed by atoms with Crippen LogP contribution in [0.4, 0.5) is 17.6 Å². The molecule has 2 fully saturated rings. The number of likely N-dealkylation sites (tertiary alicyclic amines) is 1. The lowest BCUT2D eigenvalue weighted by Gasteiger charge is -2.39. The molecule has 0 radical (unpaired) electrons. The molecule has 12 heteroatoms. The van der Waals surface area contributed by atoms with Crippen molar-refractivity contribution in [3.63, 3.8) is 0 Å². The van der Waals surface area contributed by atoms with Crippen LogP contribution in [0.3, 0.4) is 0 Å². The number of piperidine rings is 1. The number of amides is 1. The zero-order valence-corrected chi connectivity index (χ0v) is 18.8. The van der Waals surface area contributed by atoms with E-state index in [1.807, 2.05) is 0 Å². The molecule has 0 aromatic heterocycles. The predicted octanol–water partition coefficient (Wildman–Crippen LogP) is 3.15. The Hall–Kier alpha value is -1.66. The number of hydrogen-bond acceptors (Lipinski definition) is 6. The number of methoxy groups -OCH3 is 1. The molecule has 7 nitrogen and oxygen atoms in total. The second kappa shape index (κ2) is 11.7. The van der Waals surface area contributed by atoms with Gasteiger partial charge in [0.05, 0.1) is 36.0 Å². The van der Waals surface area contributed by atoms with E-state index < -0.39 is 18.3 Å². The standard InChI is InChI=1S/C21H27ClF4N2O5/c1-30-19-11-28(6-7-31-14-8-15(9-14)33-21(24,25)26)5-4-18(19)27-20(29)12-32-13-2-3-16(22)17(23)10-13/h2-3,10,14-15,18-19H,4-9,11-12H2,1H3,(H,27,29)/t14-,15+,18?,19-/m0/s1. The van der Waals surface area contributed by atoms with Crippen molar-refractivity contribution in [1.29, 1.82) is 0 Å². The van der Waals surface area contributed by atoms with Gasteiger partial charge in [-0.1, -0.05) is 11.6 Å². The molecule has 1 saturated heterocycles. The summed E-state index contributed by atoms with van der Waals surface area (Å²) in [5, 5.41) is 2.85. The van der Waals surface area contributed by atoms with Crippen molar-refractivity contribution in [2.45, 2.75) is 50.0 Å². The minimum atomic E-state index is -4.61. The van der Waals surface area contributed by atoms with Crippen LogP contribution in [-0.2, 0) is 19.0 Å². The molecule has 1 aliphatic carbocycles. The summed E-state index contributed by atoms with van der Waals surface area (Å²) in [7, 11) is 1.56. The van der Waals surface area contributed by atoms with Crippen molar-refractivity contribution in [2.75, 3.05) is 40.0 Å². The number of hydrogen-bond donors (Lipinski definition) is 1. The van der Waals surface area contributed by atoms with Crippen molar-refractivity contribution in [3.05, 3.63) is 29.0 Å². The van der Waals surface area contributed by atoms with Crippen molar-refractivity contribution in [1.82, 2.24) is 10.2 Å². The quantitative estimate of drug-likeness (QED) is 0.500. The fourth-order valence-corrected chi connectivity index (χ4v) is 3.96. The summed E-state index contributed by atoms with van der Waals surface area (Å²) in [4.78, 5) is 14.4. The number of ether oxygens (including phenoxy) is 4. The third-order valence-corrected chi connectivity index (χ3v) is 5.97. The number of halogens is 5. The topological polar surface area (TPSA) is 69.3 Å². The summed E-state index contributed by atoms with van der Waals surface area (Å²) in [5.41, 5.74) is 0. The molecule has 186 valence electrons.